The molecule has 3 N–H and O–H groups in total. The zero-order chi connectivity index (χ0) is 15.8. The summed E-state index contributed by atoms with van der Waals surface area (Å²) in [6, 6.07) is 16.3. The van der Waals surface area contributed by atoms with Crippen molar-refractivity contribution in [1.82, 2.24) is 10.9 Å². The van der Waals surface area contributed by atoms with Crippen LogP contribution in [0.15, 0.2) is 54.6 Å². The van der Waals surface area contributed by atoms with E-state index in [-0.39, 0.29) is 5.91 Å². The maximum atomic E-state index is 12.0. The minimum Gasteiger partial charge on any atom is -0.494 e. The van der Waals surface area contributed by atoms with Crippen LogP contribution in [0.5, 0.6) is 5.75 Å². The monoisotopic (exact) mass is 315 g/mol. The first-order chi connectivity index (χ1) is 10.7. The van der Waals surface area contributed by atoms with Gasteiger partial charge in [0.25, 0.3) is 5.91 Å². The Kier molecular flexibility index (Phi) is 5.73. The van der Waals surface area contributed by atoms with Gasteiger partial charge >= 0.3 is 0 Å². The van der Waals surface area contributed by atoms with Gasteiger partial charge in [0.1, 0.15) is 5.75 Å². The van der Waals surface area contributed by atoms with Crippen LogP contribution in [0.3, 0.4) is 0 Å². The summed E-state index contributed by atoms with van der Waals surface area (Å²) in [6.45, 7) is 2.50. The van der Waals surface area contributed by atoms with Crippen molar-refractivity contribution >= 4 is 28.9 Å². The van der Waals surface area contributed by atoms with Gasteiger partial charge < -0.3 is 10.1 Å². The average Bonchev–Trinajstić information content (AvgIpc) is 2.54. The number of hydrogen-bond acceptors (Lipinski definition) is 3. The van der Waals surface area contributed by atoms with Crippen molar-refractivity contribution < 1.29 is 9.53 Å². The first kappa shape index (κ1) is 15.8. The lowest BCUT2D eigenvalue weighted by atomic mass is 10.2. The van der Waals surface area contributed by atoms with E-state index >= 15 is 0 Å². The van der Waals surface area contributed by atoms with E-state index < -0.39 is 0 Å². The molecule has 0 bridgehead atoms. The van der Waals surface area contributed by atoms with Gasteiger partial charge in [0.2, 0.25) is 0 Å². The number of amides is 1. The molecule has 2 aromatic rings. The second-order valence-electron chi connectivity index (χ2n) is 4.36. The molecule has 0 heterocycles. The summed E-state index contributed by atoms with van der Waals surface area (Å²) < 4.78 is 5.33. The Bertz CT molecular complexity index is 630. The molecule has 0 atom stereocenters. The maximum absolute atomic E-state index is 12.0. The number of hydrogen-bond donors (Lipinski definition) is 3. The van der Waals surface area contributed by atoms with E-state index in [1.807, 2.05) is 37.3 Å². The van der Waals surface area contributed by atoms with Gasteiger partial charge in [-0.25, -0.2) is 0 Å². The second-order valence-corrected chi connectivity index (χ2v) is 4.76. The van der Waals surface area contributed by atoms with E-state index in [1.165, 1.54) is 0 Å². The Morgan fingerprint density at radius 3 is 2.36 bits per heavy atom. The molecule has 0 aliphatic carbocycles. The second kappa shape index (κ2) is 7.99. The largest absolute Gasteiger partial charge is 0.494 e. The molecule has 0 fully saturated rings. The number of carbonyl (C=O) groups excluding carboxylic acids is 1. The molecule has 1 amide bonds. The molecule has 0 aliphatic rings. The quantitative estimate of drug-likeness (QED) is 0.598. The van der Waals surface area contributed by atoms with Crippen molar-refractivity contribution in [2.45, 2.75) is 6.92 Å². The smallest absolute Gasteiger partial charge is 0.269 e. The third-order valence-electron chi connectivity index (χ3n) is 2.75. The fraction of sp³-hybridized carbons (Fsp3) is 0.125. The van der Waals surface area contributed by atoms with E-state index in [2.05, 4.69) is 16.2 Å². The Morgan fingerprint density at radius 2 is 1.73 bits per heavy atom. The maximum Gasteiger partial charge on any atom is 0.269 e. The minimum absolute atomic E-state index is 0.278. The Labute approximate surface area is 134 Å². The molecule has 0 radical (unpaired) electrons. The number of hydrazine groups is 1. The average molecular weight is 315 g/mol. The number of benzene rings is 2. The van der Waals surface area contributed by atoms with E-state index in [1.54, 1.807) is 24.3 Å². The van der Waals surface area contributed by atoms with Crippen LogP contribution in [0.1, 0.15) is 17.3 Å². The number of ether oxygens (including phenoxy) is 1. The number of anilines is 1. The van der Waals surface area contributed by atoms with E-state index in [4.69, 9.17) is 17.0 Å². The third kappa shape index (κ3) is 4.75. The Balaban J connectivity index is 1.83. The van der Waals surface area contributed by atoms with Gasteiger partial charge in [-0.2, -0.15) is 0 Å². The molecule has 0 spiro atoms. The van der Waals surface area contributed by atoms with Crippen molar-refractivity contribution in [2.75, 3.05) is 11.9 Å². The topological polar surface area (TPSA) is 62.4 Å². The molecule has 0 aromatic heterocycles. The SMILES string of the molecule is CCOc1ccc(C(=O)NNC(=S)Nc2ccccc2)cc1. The minimum atomic E-state index is -0.278. The highest BCUT2D eigenvalue weighted by atomic mass is 32.1. The summed E-state index contributed by atoms with van der Waals surface area (Å²) in [5, 5.41) is 3.27. The predicted octanol–water partition coefficient (Wildman–Crippen LogP) is 2.72. The van der Waals surface area contributed by atoms with Crippen molar-refractivity contribution in [1.29, 1.82) is 0 Å². The van der Waals surface area contributed by atoms with Gasteiger partial charge in [-0.1, -0.05) is 18.2 Å². The molecule has 5 nitrogen and oxygen atoms in total. The third-order valence-corrected chi connectivity index (χ3v) is 2.95. The Hall–Kier alpha value is -2.60. The van der Waals surface area contributed by atoms with Gasteiger partial charge in [0.15, 0.2) is 5.11 Å². The van der Waals surface area contributed by atoms with Crippen LogP contribution in [0.2, 0.25) is 0 Å². The molecule has 22 heavy (non-hydrogen) atoms. The molecular weight excluding hydrogens is 298 g/mol. The Morgan fingerprint density at radius 1 is 1.05 bits per heavy atom. The zero-order valence-electron chi connectivity index (χ0n) is 12.1. The predicted molar refractivity (Wildman–Crippen MR) is 90.9 cm³/mol. The van der Waals surface area contributed by atoms with E-state index in [0.717, 1.165) is 11.4 Å². The highest BCUT2D eigenvalue weighted by Crippen LogP contribution is 2.11. The zero-order valence-corrected chi connectivity index (χ0v) is 12.9. The first-order valence-electron chi connectivity index (χ1n) is 6.84. The molecule has 6 heteroatoms. The standard InChI is InChI=1S/C16H17N3O2S/c1-2-21-14-10-8-12(9-11-14)15(20)18-19-16(22)17-13-6-4-3-5-7-13/h3-11H,2H2,1H3,(H,18,20)(H2,17,19,22). The van der Waals surface area contributed by atoms with Crippen molar-refractivity contribution in [3.05, 3.63) is 60.2 Å². The molecule has 114 valence electrons. The summed E-state index contributed by atoms with van der Waals surface area (Å²) in [5.74, 6) is 0.452. The van der Waals surface area contributed by atoms with Gasteiger partial charge in [-0.15, -0.1) is 0 Å². The summed E-state index contributed by atoms with van der Waals surface area (Å²) in [5.41, 5.74) is 6.55. The van der Waals surface area contributed by atoms with Crippen LogP contribution < -0.4 is 20.9 Å². The van der Waals surface area contributed by atoms with E-state index in [0.29, 0.717) is 17.3 Å². The van der Waals surface area contributed by atoms with Crippen molar-refractivity contribution in [3.63, 3.8) is 0 Å². The van der Waals surface area contributed by atoms with E-state index in [9.17, 15) is 4.79 Å². The lowest BCUT2D eigenvalue weighted by Gasteiger charge is -2.11. The fourth-order valence-corrected chi connectivity index (χ4v) is 1.91. The van der Waals surface area contributed by atoms with Gasteiger partial charge in [0, 0.05) is 11.3 Å². The lowest BCUT2D eigenvalue weighted by Crippen LogP contribution is -2.43. The molecule has 0 saturated carbocycles. The van der Waals surface area contributed by atoms with Crippen LogP contribution >= 0.6 is 12.2 Å². The summed E-state index contributed by atoms with van der Waals surface area (Å²) in [4.78, 5) is 12.0. The van der Waals surface area contributed by atoms with Crippen LogP contribution in [0, 0.1) is 0 Å². The van der Waals surface area contributed by atoms with Gasteiger partial charge in [0.05, 0.1) is 6.61 Å². The normalized spacial score (nSPS) is 9.68. The molecule has 2 rings (SSSR count). The first-order valence-corrected chi connectivity index (χ1v) is 7.25. The number of nitrogens with one attached hydrogen (secondary N) is 3. The van der Waals surface area contributed by atoms with Crippen molar-refractivity contribution in [2.24, 2.45) is 0 Å². The highest BCUT2D eigenvalue weighted by Gasteiger charge is 2.06. The summed E-state index contributed by atoms with van der Waals surface area (Å²) >= 11 is 5.10. The number of para-hydroxylation sites is 1. The summed E-state index contributed by atoms with van der Waals surface area (Å²) in [6.07, 6.45) is 0. The van der Waals surface area contributed by atoms with Gasteiger partial charge in [-0.05, 0) is 55.5 Å². The fourth-order valence-electron chi connectivity index (χ4n) is 1.74. The van der Waals surface area contributed by atoms with Gasteiger partial charge in [-0.3, -0.25) is 15.6 Å². The number of rotatable bonds is 4. The molecule has 0 aliphatic heterocycles. The number of carbonyl (C=O) groups is 1. The molecule has 2 aromatic carbocycles. The highest BCUT2D eigenvalue weighted by molar-refractivity contribution is 7.80. The molecular formula is C16H17N3O2S. The summed E-state index contributed by atoms with van der Waals surface area (Å²) in [7, 11) is 0. The van der Waals surface area contributed by atoms with Crippen LogP contribution in [0.4, 0.5) is 5.69 Å². The van der Waals surface area contributed by atoms with Crippen LogP contribution in [0.25, 0.3) is 0 Å². The van der Waals surface area contributed by atoms with Crippen LogP contribution in [-0.2, 0) is 0 Å². The number of thiocarbonyl (C=S) groups is 1. The lowest BCUT2D eigenvalue weighted by molar-refractivity contribution is 0.0944. The van der Waals surface area contributed by atoms with Crippen molar-refractivity contribution in [3.8, 4) is 5.75 Å². The van der Waals surface area contributed by atoms with Crippen LogP contribution in [-0.4, -0.2) is 17.6 Å². The molecule has 0 unspecified atom stereocenters. The molecule has 0 saturated heterocycles.